The minimum Gasteiger partial charge on any atom is -0.468 e. The first-order chi connectivity index (χ1) is 7.70. The number of carbonyl (C=O) groups excluding carboxylic acids is 1. The van der Waals surface area contributed by atoms with Crippen LogP contribution in [0.4, 0.5) is 0 Å². The SMILES string of the molecule is COC(=O)[C@@H]1C[C@H](N)CN1CC1CCCC1. The van der Waals surface area contributed by atoms with Gasteiger partial charge in [0.15, 0.2) is 0 Å². The van der Waals surface area contributed by atoms with Gasteiger partial charge < -0.3 is 10.5 Å². The molecule has 0 radical (unpaired) electrons. The van der Waals surface area contributed by atoms with E-state index in [0.29, 0.717) is 0 Å². The average Bonchev–Trinajstić information content (AvgIpc) is 2.88. The van der Waals surface area contributed by atoms with Crippen molar-refractivity contribution in [2.75, 3.05) is 20.2 Å². The number of esters is 1. The number of rotatable bonds is 3. The lowest BCUT2D eigenvalue weighted by Gasteiger charge is -2.25. The van der Waals surface area contributed by atoms with Crippen LogP contribution in [0.5, 0.6) is 0 Å². The summed E-state index contributed by atoms with van der Waals surface area (Å²) in [7, 11) is 1.46. The topological polar surface area (TPSA) is 55.6 Å². The number of hydrogen-bond donors (Lipinski definition) is 1. The van der Waals surface area contributed by atoms with Crippen LogP contribution in [-0.4, -0.2) is 43.2 Å². The third-order valence-corrected chi connectivity index (χ3v) is 3.88. The molecule has 4 heteroatoms. The Kier molecular flexibility index (Phi) is 3.82. The second-order valence-electron chi connectivity index (χ2n) is 5.14. The van der Waals surface area contributed by atoms with Crippen LogP contribution in [0.1, 0.15) is 32.1 Å². The molecule has 0 amide bonds. The van der Waals surface area contributed by atoms with Crippen LogP contribution in [0, 0.1) is 5.92 Å². The predicted octanol–water partition coefficient (Wildman–Crippen LogP) is 0.751. The van der Waals surface area contributed by atoms with E-state index in [1.165, 1.54) is 32.8 Å². The van der Waals surface area contributed by atoms with Crippen LogP contribution in [0.15, 0.2) is 0 Å². The Hall–Kier alpha value is -0.610. The highest BCUT2D eigenvalue weighted by Gasteiger charge is 2.37. The maximum atomic E-state index is 11.6. The van der Waals surface area contributed by atoms with Gasteiger partial charge in [-0.05, 0) is 25.2 Å². The molecule has 16 heavy (non-hydrogen) atoms. The first-order valence-corrected chi connectivity index (χ1v) is 6.28. The van der Waals surface area contributed by atoms with Crippen LogP contribution in [0.3, 0.4) is 0 Å². The van der Waals surface area contributed by atoms with E-state index in [9.17, 15) is 4.79 Å². The fourth-order valence-corrected chi connectivity index (χ4v) is 3.05. The van der Waals surface area contributed by atoms with Crippen molar-refractivity contribution >= 4 is 5.97 Å². The standard InChI is InChI=1S/C12H22N2O2/c1-16-12(15)11-6-10(13)8-14(11)7-9-4-2-3-5-9/h9-11H,2-8,13H2,1H3/t10-,11-/m0/s1. The van der Waals surface area contributed by atoms with E-state index in [1.807, 2.05) is 0 Å². The molecular weight excluding hydrogens is 204 g/mol. The summed E-state index contributed by atoms with van der Waals surface area (Å²) in [6.07, 6.45) is 6.04. The molecule has 1 aliphatic heterocycles. The lowest BCUT2D eigenvalue weighted by atomic mass is 10.1. The van der Waals surface area contributed by atoms with Crippen molar-refractivity contribution in [2.24, 2.45) is 11.7 Å². The molecule has 2 aliphatic rings. The number of methoxy groups -OCH3 is 1. The van der Waals surface area contributed by atoms with Gasteiger partial charge in [0.25, 0.3) is 0 Å². The number of nitrogens with zero attached hydrogens (tertiary/aromatic N) is 1. The Morgan fingerprint density at radius 1 is 1.44 bits per heavy atom. The summed E-state index contributed by atoms with van der Waals surface area (Å²) in [5, 5.41) is 0. The highest BCUT2D eigenvalue weighted by molar-refractivity contribution is 5.76. The van der Waals surface area contributed by atoms with Crippen LogP contribution < -0.4 is 5.73 Å². The third kappa shape index (κ3) is 2.55. The number of nitrogens with two attached hydrogens (primary N) is 1. The molecule has 0 aromatic carbocycles. The van der Waals surface area contributed by atoms with Crippen LogP contribution in [-0.2, 0) is 9.53 Å². The lowest BCUT2D eigenvalue weighted by Crippen LogP contribution is -2.39. The Morgan fingerprint density at radius 2 is 2.12 bits per heavy atom. The molecular formula is C12H22N2O2. The lowest BCUT2D eigenvalue weighted by molar-refractivity contribution is -0.146. The van der Waals surface area contributed by atoms with Gasteiger partial charge in [-0.2, -0.15) is 0 Å². The summed E-state index contributed by atoms with van der Waals surface area (Å²) in [6.45, 7) is 1.86. The monoisotopic (exact) mass is 226 g/mol. The van der Waals surface area contributed by atoms with Gasteiger partial charge in [-0.1, -0.05) is 12.8 Å². The highest BCUT2D eigenvalue weighted by Crippen LogP contribution is 2.28. The number of likely N-dealkylation sites (tertiary alicyclic amines) is 1. The summed E-state index contributed by atoms with van der Waals surface area (Å²) in [6, 6.07) is 0.0334. The summed E-state index contributed by atoms with van der Waals surface area (Å²) < 4.78 is 4.84. The molecule has 1 heterocycles. The molecule has 2 rings (SSSR count). The van der Waals surface area contributed by atoms with Gasteiger partial charge in [-0.15, -0.1) is 0 Å². The van der Waals surface area contributed by atoms with E-state index >= 15 is 0 Å². The predicted molar refractivity (Wildman–Crippen MR) is 61.9 cm³/mol. The maximum absolute atomic E-state index is 11.6. The fourth-order valence-electron chi connectivity index (χ4n) is 3.05. The van der Waals surface area contributed by atoms with Crippen molar-refractivity contribution in [1.82, 2.24) is 4.90 Å². The van der Waals surface area contributed by atoms with Gasteiger partial charge in [0, 0.05) is 19.1 Å². The molecule has 0 aromatic heterocycles. The Bertz CT molecular complexity index is 251. The quantitative estimate of drug-likeness (QED) is 0.722. The van der Waals surface area contributed by atoms with E-state index in [4.69, 9.17) is 10.5 Å². The van der Waals surface area contributed by atoms with Gasteiger partial charge in [0.1, 0.15) is 6.04 Å². The Morgan fingerprint density at radius 3 is 2.75 bits per heavy atom. The van der Waals surface area contributed by atoms with Crippen molar-refractivity contribution < 1.29 is 9.53 Å². The van der Waals surface area contributed by atoms with Crippen LogP contribution in [0.2, 0.25) is 0 Å². The van der Waals surface area contributed by atoms with Crippen molar-refractivity contribution in [3.63, 3.8) is 0 Å². The summed E-state index contributed by atoms with van der Waals surface area (Å²) >= 11 is 0. The molecule has 0 spiro atoms. The highest BCUT2D eigenvalue weighted by atomic mass is 16.5. The maximum Gasteiger partial charge on any atom is 0.323 e. The van der Waals surface area contributed by atoms with Gasteiger partial charge in [-0.25, -0.2) is 0 Å². The Labute approximate surface area is 97.1 Å². The van der Waals surface area contributed by atoms with Gasteiger partial charge in [0.05, 0.1) is 7.11 Å². The zero-order chi connectivity index (χ0) is 11.5. The van der Waals surface area contributed by atoms with E-state index in [0.717, 1.165) is 25.4 Å². The normalized spacial score (nSPS) is 32.1. The molecule has 4 nitrogen and oxygen atoms in total. The van der Waals surface area contributed by atoms with Crippen LogP contribution in [0.25, 0.3) is 0 Å². The van der Waals surface area contributed by atoms with Crippen LogP contribution >= 0.6 is 0 Å². The minimum absolute atomic E-state index is 0.0967. The van der Waals surface area contributed by atoms with Crippen molar-refractivity contribution in [3.05, 3.63) is 0 Å². The van der Waals surface area contributed by atoms with Gasteiger partial charge in [0.2, 0.25) is 0 Å². The first kappa shape index (κ1) is 11.9. The summed E-state index contributed by atoms with van der Waals surface area (Å²) in [5.41, 5.74) is 5.93. The molecule has 0 unspecified atom stereocenters. The summed E-state index contributed by atoms with van der Waals surface area (Å²) in [5.74, 6) is 0.642. The zero-order valence-electron chi connectivity index (χ0n) is 10.0. The zero-order valence-corrected chi connectivity index (χ0v) is 10.0. The number of hydrogen-bond acceptors (Lipinski definition) is 4. The molecule has 0 bridgehead atoms. The second kappa shape index (κ2) is 5.15. The minimum atomic E-state index is -0.119. The van der Waals surface area contributed by atoms with E-state index < -0.39 is 0 Å². The fraction of sp³-hybridized carbons (Fsp3) is 0.917. The van der Waals surface area contributed by atoms with Gasteiger partial charge in [-0.3, -0.25) is 9.69 Å². The van der Waals surface area contributed by atoms with Crippen molar-refractivity contribution in [1.29, 1.82) is 0 Å². The molecule has 92 valence electrons. The molecule has 2 N–H and O–H groups in total. The third-order valence-electron chi connectivity index (χ3n) is 3.88. The largest absolute Gasteiger partial charge is 0.468 e. The average molecular weight is 226 g/mol. The Balaban J connectivity index is 1.92. The molecule has 2 fully saturated rings. The molecule has 1 saturated carbocycles. The van der Waals surface area contributed by atoms with Crippen molar-refractivity contribution in [3.8, 4) is 0 Å². The smallest absolute Gasteiger partial charge is 0.323 e. The number of carbonyl (C=O) groups is 1. The van der Waals surface area contributed by atoms with E-state index in [2.05, 4.69) is 4.90 Å². The van der Waals surface area contributed by atoms with E-state index in [-0.39, 0.29) is 18.1 Å². The molecule has 1 saturated heterocycles. The molecule has 2 atom stereocenters. The van der Waals surface area contributed by atoms with Gasteiger partial charge >= 0.3 is 5.97 Å². The first-order valence-electron chi connectivity index (χ1n) is 6.28. The molecule has 0 aromatic rings. The molecule has 1 aliphatic carbocycles. The van der Waals surface area contributed by atoms with E-state index in [1.54, 1.807) is 0 Å². The second-order valence-corrected chi connectivity index (χ2v) is 5.14. The van der Waals surface area contributed by atoms with Crippen molar-refractivity contribution in [2.45, 2.75) is 44.2 Å². The number of ether oxygens (including phenoxy) is 1. The summed E-state index contributed by atoms with van der Waals surface area (Å²) in [4.78, 5) is 13.9.